The second kappa shape index (κ2) is 5.86. The van der Waals surface area contributed by atoms with Gasteiger partial charge in [-0.05, 0) is 54.5 Å². The third-order valence-electron chi connectivity index (χ3n) is 3.13. The molecular weight excluding hydrogens is 349 g/mol. The summed E-state index contributed by atoms with van der Waals surface area (Å²) in [6, 6.07) is 6.39. The zero-order chi connectivity index (χ0) is 14.0. The summed E-state index contributed by atoms with van der Waals surface area (Å²) >= 11 is 2.30. The van der Waals surface area contributed by atoms with Crippen LogP contribution in [0.3, 0.4) is 0 Å². The molecule has 100 valence electrons. The van der Waals surface area contributed by atoms with Crippen molar-refractivity contribution >= 4 is 28.4 Å². The van der Waals surface area contributed by atoms with Crippen LogP contribution in [0.25, 0.3) is 11.4 Å². The number of rotatable bonds is 3. The van der Waals surface area contributed by atoms with Gasteiger partial charge < -0.3 is 5.32 Å². The highest BCUT2D eigenvalue weighted by molar-refractivity contribution is 14.1. The van der Waals surface area contributed by atoms with Crippen LogP contribution in [0.4, 0.5) is 5.82 Å². The Morgan fingerprint density at radius 2 is 1.95 bits per heavy atom. The molecular formula is C15H18IN3. The quantitative estimate of drug-likeness (QED) is 0.835. The number of anilines is 1. The number of aromatic nitrogens is 2. The first-order valence-electron chi connectivity index (χ1n) is 6.38. The van der Waals surface area contributed by atoms with Crippen LogP contribution < -0.4 is 5.32 Å². The van der Waals surface area contributed by atoms with Crippen LogP contribution in [-0.4, -0.2) is 17.0 Å². The zero-order valence-corrected chi connectivity index (χ0v) is 13.9. The topological polar surface area (TPSA) is 37.8 Å². The maximum absolute atomic E-state index is 4.71. The van der Waals surface area contributed by atoms with Crippen molar-refractivity contribution in [2.24, 2.45) is 0 Å². The van der Waals surface area contributed by atoms with E-state index in [2.05, 4.69) is 71.9 Å². The normalized spacial score (nSPS) is 10.6. The summed E-state index contributed by atoms with van der Waals surface area (Å²) in [5.41, 5.74) is 4.64. The van der Waals surface area contributed by atoms with Crippen molar-refractivity contribution in [2.75, 3.05) is 12.4 Å². The average molecular weight is 367 g/mol. The average Bonchev–Trinajstić information content (AvgIpc) is 2.42. The Balaban J connectivity index is 2.65. The first-order chi connectivity index (χ1) is 9.06. The minimum atomic E-state index is 0.808. The van der Waals surface area contributed by atoms with Crippen molar-refractivity contribution < 1.29 is 0 Å². The Labute approximate surface area is 128 Å². The summed E-state index contributed by atoms with van der Waals surface area (Å²) in [6.07, 6.45) is 0.910. The minimum Gasteiger partial charge on any atom is -0.372 e. The van der Waals surface area contributed by atoms with Gasteiger partial charge >= 0.3 is 0 Å². The van der Waals surface area contributed by atoms with E-state index in [9.17, 15) is 0 Å². The lowest BCUT2D eigenvalue weighted by molar-refractivity contribution is 0.988. The fourth-order valence-corrected chi connectivity index (χ4v) is 2.88. The number of benzene rings is 1. The first kappa shape index (κ1) is 14.2. The van der Waals surface area contributed by atoms with Crippen molar-refractivity contribution in [2.45, 2.75) is 27.2 Å². The van der Waals surface area contributed by atoms with Crippen molar-refractivity contribution in [1.29, 1.82) is 0 Å². The van der Waals surface area contributed by atoms with Crippen LogP contribution in [0.5, 0.6) is 0 Å². The molecule has 0 fully saturated rings. The first-order valence-corrected chi connectivity index (χ1v) is 7.46. The SMILES string of the molecule is CCc1nc(-c2cc(C)ccc2C)nc(NC)c1I. The van der Waals surface area contributed by atoms with Gasteiger partial charge in [-0.15, -0.1) is 0 Å². The molecule has 4 heteroatoms. The molecule has 0 aliphatic rings. The number of halogens is 1. The van der Waals surface area contributed by atoms with E-state index in [1.54, 1.807) is 0 Å². The van der Waals surface area contributed by atoms with Gasteiger partial charge in [-0.1, -0.05) is 24.6 Å². The van der Waals surface area contributed by atoms with E-state index in [0.29, 0.717) is 0 Å². The summed E-state index contributed by atoms with van der Waals surface area (Å²) in [5, 5.41) is 3.16. The van der Waals surface area contributed by atoms with Gasteiger partial charge in [-0.2, -0.15) is 0 Å². The Morgan fingerprint density at radius 3 is 2.58 bits per heavy atom. The van der Waals surface area contributed by atoms with Crippen LogP contribution in [0, 0.1) is 17.4 Å². The monoisotopic (exact) mass is 367 g/mol. The zero-order valence-electron chi connectivity index (χ0n) is 11.7. The molecule has 2 aromatic rings. The van der Waals surface area contributed by atoms with Gasteiger partial charge in [-0.25, -0.2) is 9.97 Å². The van der Waals surface area contributed by atoms with Crippen LogP contribution in [0.1, 0.15) is 23.7 Å². The van der Waals surface area contributed by atoms with Gasteiger partial charge in [0, 0.05) is 12.6 Å². The molecule has 1 heterocycles. The van der Waals surface area contributed by atoms with Crippen LogP contribution in [0.2, 0.25) is 0 Å². The molecule has 0 saturated heterocycles. The van der Waals surface area contributed by atoms with Crippen LogP contribution in [-0.2, 0) is 6.42 Å². The van der Waals surface area contributed by atoms with Gasteiger partial charge in [0.25, 0.3) is 0 Å². The second-order valence-electron chi connectivity index (χ2n) is 4.58. The van der Waals surface area contributed by atoms with E-state index in [-0.39, 0.29) is 0 Å². The lowest BCUT2D eigenvalue weighted by Crippen LogP contribution is -2.05. The van der Waals surface area contributed by atoms with Gasteiger partial charge in [0.1, 0.15) is 5.82 Å². The molecule has 0 saturated carbocycles. The number of aryl methyl sites for hydroxylation is 3. The lowest BCUT2D eigenvalue weighted by Gasteiger charge is -2.12. The Kier molecular flexibility index (Phi) is 4.39. The molecule has 1 aromatic heterocycles. The maximum atomic E-state index is 4.71. The Hall–Kier alpha value is -1.17. The molecule has 1 aromatic carbocycles. The third kappa shape index (κ3) is 2.88. The highest BCUT2D eigenvalue weighted by Gasteiger charge is 2.12. The second-order valence-corrected chi connectivity index (χ2v) is 5.66. The predicted molar refractivity (Wildman–Crippen MR) is 88.6 cm³/mol. The summed E-state index contributed by atoms with van der Waals surface area (Å²) in [5.74, 6) is 1.71. The Morgan fingerprint density at radius 1 is 1.21 bits per heavy atom. The molecule has 1 N–H and O–H groups in total. The van der Waals surface area contributed by atoms with Crippen LogP contribution in [0.15, 0.2) is 18.2 Å². The van der Waals surface area contributed by atoms with Crippen molar-refractivity contribution in [3.63, 3.8) is 0 Å². The van der Waals surface area contributed by atoms with Gasteiger partial charge in [0.15, 0.2) is 5.82 Å². The fourth-order valence-electron chi connectivity index (χ4n) is 1.99. The molecule has 0 bridgehead atoms. The largest absolute Gasteiger partial charge is 0.372 e. The molecule has 3 nitrogen and oxygen atoms in total. The smallest absolute Gasteiger partial charge is 0.162 e. The summed E-state index contributed by atoms with van der Waals surface area (Å²) in [6.45, 7) is 6.31. The fraction of sp³-hybridized carbons (Fsp3) is 0.333. The number of hydrogen-bond donors (Lipinski definition) is 1. The predicted octanol–water partition coefficient (Wildman–Crippen LogP) is 3.97. The van der Waals surface area contributed by atoms with Crippen molar-refractivity contribution in [3.05, 3.63) is 38.6 Å². The molecule has 0 radical (unpaired) electrons. The molecule has 19 heavy (non-hydrogen) atoms. The highest BCUT2D eigenvalue weighted by Crippen LogP contribution is 2.26. The number of nitrogens with zero attached hydrogens (tertiary/aromatic N) is 2. The Bertz CT molecular complexity index is 583. The van der Waals surface area contributed by atoms with E-state index >= 15 is 0 Å². The molecule has 0 spiro atoms. The van der Waals surface area contributed by atoms with Crippen molar-refractivity contribution in [3.8, 4) is 11.4 Å². The molecule has 2 rings (SSSR count). The lowest BCUT2D eigenvalue weighted by atomic mass is 10.0. The van der Waals surface area contributed by atoms with E-state index in [1.165, 1.54) is 11.1 Å². The molecule has 0 amide bonds. The summed E-state index contributed by atoms with van der Waals surface area (Å²) in [4.78, 5) is 9.35. The van der Waals surface area contributed by atoms with E-state index in [1.807, 2.05) is 7.05 Å². The number of hydrogen-bond acceptors (Lipinski definition) is 3. The summed E-state index contributed by atoms with van der Waals surface area (Å²) in [7, 11) is 1.90. The maximum Gasteiger partial charge on any atom is 0.162 e. The van der Waals surface area contributed by atoms with Gasteiger partial charge in [0.05, 0.1) is 9.26 Å². The molecule has 0 aliphatic carbocycles. The summed E-state index contributed by atoms with van der Waals surface area (Å²) < 4.78 is 1.11. The van der Waals surface area contributed by atoms with Gasteiger partial charge in [-0.3, -0.25) is 0 Å². The third-order valence-corrected chi connectivity index (χ3v) is 4.26. The van der Waals surface area contributed by atoms with E-state index < -0.39 is 0 Å². The van der Waals surface area contributed by atoms with Crippen molar-refractivity contribution in [1.82, 2.24) is 9.97 Å². The van der Waals surface area contributed by atoms with E-state index in [4.69, 9.17) is 4.98 Å². The van der Waals surface area contributed by atoms with E-state index in [0.717, 1.165) is 32.9 Å². The molecule has 0 atom stereocenters. The van der Waals surface area contributed by atoms with Gasteiger partial charge in [0.2, 0.25) is 0 Å². The minimum absolute atomic E-state index is 0.808. The standard InChI is InChI=1S/C15H18IN3/c1-5-12-13(16)15(17-4)19-14(18-12)11-8-9(2)6-7-10(11)3/h6-8H,5H2,1-4H3,(H,17,18,19). The van der Waals surface area contributed by atoms with Crippen LogP contribution >= 0.6 is 22.6 Å². The molecule has 0 unspecified atom stereocenters. The molecule has 0 aliphatic heterocycles. The number of nitrogens with one attached hydrogen (secondary N) is 1. The highest BCUT2D eigenvalue weighted by atomic mass is 127.